The Morgan fingerprint density at radius 2 is 1.71 bits per heavy atom. The van der Waals surface area contributed by atoms with Gasteiger partial charge in [0.15, 0.2) is 5.78 Å². The van der Waals surface area contributed by atoms with Crippen LogP contribution in [0.4, 0.5) is 0 Å². The molecule has 0 aliphatic rings. The molecule has 3 nitrogen and oxygen atoms in total. The van der Waals surface area contributed by atoms with E-state index in [4.69, 9.17) is 10.0 Å². The Kier molecular flexibility index (Phi) is 6.36. The van der Waals surface area contributed by atoms with Gasteiger partial charge >= 0.3 is 7.69 Å². The van der Waals surface area contributed by atoms with Gasteiger partial charge in [-0.05, 0) is 12.5 Å². The molecule has 0 aromatic heterocycles. The third kappa shape index (κ3) is 4.59. The Morgan fingerprint density at radius 3 is 2.07 bits per heavy atom. The molecule has 4 heteroatoms. The number of Topliss-reactive ketones (excluding diaryl/α,β-unsaturated/α-hetero) is 1. The fraction of sp³-hybridized carbons (Fsp3) is 0.100. The van der Waals surface area contributed by atoms with Gasteiger partial charge in [0.1, 0.15) is 0 Å². The minimum absolute atomic E-state index is 0.0191. The van der Waals surface area contributed by atoms with E-state index in [1.807, 2.05) is 18.2 Å². The minimum atomic E-state index is -0.750. The lowest BCUT2D eigenvalue weighted by Gasteiger charge is -1.96. The van der Waals surface area contributed by atoms with Crippen molar-refractivity contribution >= 4 is 13.5 Å². The highest BCUT2D eigenvalue weighted by Crippen LogP contribution is 2.04. The summed E-state index contributed by atoms with van der Waals surface area (Å²) in [5.74, 6) is 0.0191. The number of benzene rings is 1. The number of carbonyl (C=O) groups excluding carboxylic acids is 1. The summed E-state index contributed by atoms with van der Waals surface area (Å²) in [5.41, 5.74) is 1.29. The molecule has 0 aliphatic carbocycles. The smallest absolute Gasteiger partial charge is 0.430 e. The number of carbonyl (C=O) groups is 1. The van der Waals surface area contributed by atoms with Crippen LogP contribution in [0.3, 0.4) is 0 Å². The number of ketones is 1. The first kappa shape index (κ1) is 12.6. The number of rotatable bonds is 2. The van der Waals surface area contributed by atoms with Crippen molar-refractivity contribution in [3.05, 3.63) is 48.0 Å². The van der Waals surface area contributed by atoms with Crippen LogP contribution in [0.2, 0.25) is 0 Å². The largest absolute Gasteiger partial charge is 0.432 e. The average Bonchev–Trinajstić information content (AvgIpc) is 2.19. The molecule has 0 saturated heterocycles. The Hall–Kier alpha value is -1.39. The lowest BCUT2D eigenvalue weighted by Crippen LogP contribution is -1.97. The lowest BCUT2D eigenvalue weighted by molar-refractivity contribution is 0.103. The zero-order valence-electron chi connectivity index (χ0n) is 8.10. The standard InChI is InChI=1S/C10H10O.BH3O2/c1-8(2)10(11)9-6-4-3-5-7-9;2-1-3/h3-7H,1H2,2H3;1-3H. The average molecular weight is 192 g/mol. The van der Waals surface area contributed by atoms with Crippen molar-refractivity contribution in [3.63, 3.8) is 0 Å². The van der Waals surface area contributed by atoms with Crippen LogP contribution >= 0.6 is 0 Å². The van der Waals surface area contributed by atoms with E-state index in [0.717, 1.165) is 0 Å². The molecule has 14 heavy (non-hydrogen) atoms. The topological polar surface area (TPSA) is 57.5 Å². The molecule has 0 amide bonds. The second-order valence-electron chi connectivity index (χ2n) is 2.62. The summed E-state index contributed by atoms with van der Waals surface area (Å²) in [5, 5.41) is 14.2. The SMILES string of the molecule is C=C(C)C(=O)c1ccccc1.OBO. The molecule has 1 aromatic rings. The first-order valence-electron chi connectivity index (χ1n) is 4.10. The van der Waals surface area contributed by atoms with Crippen LogP contribution in [0, 0.1) is 0 Å². The van der Waals surface area contributed by atoms with Crippen LogP contribution in [0.25, 0.3) is 0 Å². The Morgan fingerprint density at radius 1 is 1.29 bits per heavy atom. The Balaban J connectivity index is 0.000000500. The van der Waals surface area contributed by atoms with E-state index in [1.165, 1.54) is 0 Å². The third-order valence-electron chi connectivity index (χ3n) is 1.42. The molecule has 1 aromatic carbocycles. The summed E-state index contributed by atoms with van der Waals surface area (Å²) in [7, 11) is -0.750. The van der Waals surface area contributed by atoms with Crippen molar-refractivity contribution in [2.24, 2.45) is 0 Å². The van der Waals surface area contributed by atoms with Gasteiger partial charge in [-0.15, -0.1) is 0 Å². The predicted octanol–water partition coefficient (Wildman–Crippen LogP) is 0.683. The van der Waals surface area contributed by atoms with Crippen LogP contribution in [0.5, 0.6) is 0 Å². The maximum absolute atomic E-state index is 11.2. The maximum Gasteiger partial charge on any atom is 0.432 e. The zero-order valence-corrected chi connectivity index (χ0v) is 8.10. The zero-order chi connectivity index (χ0) is 11.0. The highest BCUT2D eigenvalue weighted by atomic mass is 16.4. The minimum Gasteiger partial charge on any atom is -0.430 e. The summed E-state index contributed by atoms with van der Waals surface area (Å²) < 4.78 is 0. The normalized spacial score (nSPS) is 8.21. The van der Waals surface area contributed by atoms with E-state index >= 15 is 0 Å². The molecule has 2 N–H and O–H groups in total. The molecule has 0 heterocycles. The summed E-state index contributed by atoms with van der Waals surface area (Å²) in [6.07, 6.45) is 0. The van der Waals surface area contributed by atoms with Gasteiger partial charge in [-0.2, -0.15) is 0 Å². The molecule has 0 spiro atoms. The summed E-state index contributed by atoms with van der Waals surface area (Å²) >= 11 is 0. The van der Waals surface area contributed by atoms with E-state index in [0.29, 0.717) is 11.1 Å². The van der Waals surface area contributed by atoms with Crippen LogP contribution in [0.1, 0.15) is 17.3 Å². The molecule has 0 atom stereocenters. The van der Waals surface area contributed by atoms with E-state index < -0.39 is 7.69 Å². The highest BCUT2D eigenvalue weighted by Gasteiger charge is 2.03. The van der Waals surface area contributed by atoms with Crippen molar-refractivity contribution in [1.29, 1.82) is 0 Å². The van der Waals surface area contributed by atoms with Crippen molar-refractivity contribution in [2.45, 2.75) is 6.92 Å². The number of hydrogen-bond donors (Lipinski definition) is 2. The van der Waals surface area contributed by atoms with Gasteiger partial charge in [-0.25, -0.2) is 0 Å². The van der Waals surface area contributed by atoms with Crippen molar-refractivity contribution < 1.29 is 14.8 Å². The monoisotopic (exact) mass is 192 g/mol. The molecule has 0 radical (unpaired) electrons. The van der Waals surface area contributed by atoms with Crippen LogP contribution < -0.4 is 0 Å². The van der Waals surface area contributed by atoms with Gasteiger partial charge in [0.05, 0.1) is 0 Å². The van der Waals surface area contributed by atoms with Gasteiger partial charge in [0.25, 0.3) is 0 Å². The van der Waals surface area contributed by atoms with E-state index in [2.05, 4.69) is 6.58 Å². The Bertz CT molecular complexity index is 295. The van der Waals surface area contributed by atoms with Crippen LogP contribution in [-0.2, 0) is 0 Å². The molecule has 0 aliphatic heterocycles. The second-order valence-corrected chi connectivity index (χ2v) is 2.62. The fourth-order valence-corrected chi connectivity index (χ4v) is 0.836. The molecule has 0 bridgehead atoms. The summed E-state index contributed by atoms with van der Waals surface area (Å²) in [6, 6.07) is 9.15. The lowest BCUT2D eigenvalue weighted by atomic mass is 10.1. The molecule has 1 rings (SSSR count). The molecule has 0 saturated carbocycles. The Labute approximate surface area is 84.0 Å². The van der Waals surface area contributed by atoms with Crippen molar-refractivity contribution in [3.8, 4) is 0 Å². The van der Waals surface area contributed by atoms with Crippen LogP contribution in [0.15, 0.2) is 42.5 Å². The maximum atomic E-state index is 11.2. The summed E-state index contributed by atoms with van der Waals surface area (Å²) in [4.78, 5) is 11.2. The van der Waals surface area contributed by atoms with Crippen LogP contribution in [-0.4, -0.2) is 23.5 Å². The molecular formula is C10H13BO3. The number of hydrogen-bond acceptors (Lipinski definition) is 3. The van der Waals surface area contributed by atoms with Gasteiger partial charge < -0.3 is 10.0 Å². The van der Waals surface area contributed by atoms with E-state index in [9.17, 15) is 4.79 Å². The molecule has 74 valence electrons. The molecule has 0 unspecified atom stereocenters. The third-order valence-corrected chi connectivity index (χ3v) is 1.42. The first-order valence-corrected chi connectivity index (χ1v) is 4.10. The van der Waals surface area contributed by atoms with Gasteiger partial charge in [0, 0.05) is 5.56 Å². The van der Waals surface area contributed by atoms with Gasteiger partial charge in [-0.1, -0.05) is 36.9 Å². The fourth-order valence-electron chi connectivity index (χ4n) is 0.836. The second kappa shape index (κ2) is 7.06. The van der Waals surface area contributed by atoms with Crippen molar-refractivity contribution in [1.82, 2.24) is 0 Å². The van der Waals surface area contributed by atoms with Gasteiger partial charge in [-0.3, -0.25) is 4.79 Å². The van der Waals surface area contributed by atoms with E-state index in [1.54, 1.807) is 19.1 Å². The van der Waals surface area contributed by atoms with E-state index in [-0.39, 0.29) is 5.78 Å². The first-order chi connectivity index (χ1) is 6.63. The van der Waals surface area contributed by atoms with Crippen molar-refractivity contribution in [2.75, 3.05) is 0 Å². The quantitative estimate of drug-likeness (QED) is 0.411. The molecular weight excluding hydrogens is 179 g/mol. The predicted molar refractivity (Wildman–Crippen MR) is 57.2 cm³/mol. The highest BCUT2D eigenvalue weighted by molar-refractivity contribution is 6.13. The van der Waals surface area contributed by atoms with Gasteiger partial charge in [0.2, 0.25) is 0 Å². The number of allylic oxidation sites excluding steroid dienone is 1. The molecule has 0 fully saturated rings. The summed E-state index contributed by atoms with van der Waals surface area (Å²) in [6.45, 7) is 5.30.